The number of piperazine rings is 1. The van der Waals surface area contributed by atoms with Crippen LogP contribution in [0.3, 0.4) is 0 Å². The summed E-state index contributed by atoms with van der Waals surface area (Å²) in [5.41, 5.74) is 0. The van der Waals surface area contributed by atoms with Gasteiger partial charge in [-0.2, -0.15) is 0 Å². The molecule has 3 nitrogen and oxygen atoms in total. The maximum atomic E-state index is 3.72. The summed E-state index contributed by atoms with van der Waals surface area (Å²) < 4.78 is 0. The van der Waals surface area contributed by atoms with Gasteiger partial charge in [0.1, 0.15) is 0 Å². The lowest BCUT2D eigenvalue weighted by atomic mass is 9.82. The van der Waals surface area contributed by atoms with Gasteiger partial charge in [0.25, 0.3) is 0 Å². The second kappa shape index (κ2) is 6.88. The van der Waals surface area contributed by atoms with Crippen molar-refractivity contribution in [3.63, 3.8) is 0 Å². The summed E-state index contributed by atoms with van der Waals surface area (Å²) in [5.74, 6) is 1.82. The van der Waals surface area contributed by atoms with Gasteiger partial charge in [-0.05, 0) is 58.0 Å². The predicted molar refractivity (Wildman–Crippen MR) is 77.9 cm³/mol. The van der Waals surface area contributed by atoms with Gasteiger partial charge < -0.3 is 10.6 Å². The fourth-order valence-electron chi connectivity index (χ4n) is 3.53. The minimum absolute atomic E-state index is 0.698. The van der Waals surface area contributed by atoms with Crippen LogP contribution in [-0.2, 0) is 0 Å². The smallest absolute Gasteiger partial charge is 0.0198 e. The van der Waals surface area contributed by atoms with Gasteiger partial charge in [-0.15, -0.1) is 0 Å². The maximum Gasteiger partial charge on any atom is 0.0198 e. The Hall–Kier alpha value is -0.120. The number of nitrogens with one attached hydrogen (secondary N) is 2. The highest BCUT2D eigenvalue weighted by molar-refractivity contribution is 4.84. The minimum atomic E-state index is 0.698. The molecule has 2 N–H and O–H groups in total. The van der Waals surface area contributed by atoms with Crippen LogP contribution in [0.1, 0.15) is 40.0 Å². The van der Waals surface area contributed by atoms with Crippen LogP contribution in [0.2, 0.25) is 0 Å². The van der Waals surface area contributed by atoms with E-state index in [1.54, 1.807) is 0 Å². The normalized spacial score (nSPS) is 29.7. The average Bonchev–Trinajstić information content (AvgIpc) is 2.40. The molecule has 106 valence electrons. The summed E-state index contributed by atoms with van der Waals surface area (Å²) in [5, 5.41) is 7.19. The summed E-state index contributed by atoms with van der Waals surface area (Å²) >= 11 is 0. The van der Waals surface area contributed by atoms with Gasteiger partial charge in [-0.3, -0.25) is 4.90 Å². The molecule has 0 bridgehead atoms. The summed E-state index contributed by atoms with van der Waals surface area (Å²) in [6.07, 6.45) is 4.11. The Morgan fingerprint density at radius 3 is 2.50 bits per heavy atom. The number of rotatable bonds is 4. The number of hydrogen-bond donors (Lipinski definition) is 2. The molecule has 0 aromatic heterocycles. The molecule has 0 spiro atoms. The van der Waals surface area contributed by atoms with Crippen molar-refractivity contribution >= 4 is 0 Å². The quantitative estimate of drug-likeness (QED) is 0.798. The first-order valence-corrected chi connectivity index (χ1v) is 7.85. The van der Waals surface area contributed by atoms with Crippen LogP contribution in [-0.4, -0.2) is 49.7 Å². The van der Waals surface area contributed by atoms with Crippen LogP contribution in [0.25, 0.3) is 0 Å². The van der Waals surface area contributed by atoms with Gasteiger partial charge in [0.15, 0.2) is 0 Å². The molecule has 2 atom stereocenters. The van der Waals surface area contributed by atoms with Gasteiger partial charge in [0.2, 0.25) is 0 Å². The third-order valence-corrected chi connectivity index (χ3v) is 4.86. The molecule has 2 rings (SSSR count). The van der Waals surface area contributed by atoms with Crippen molar-refractivity contribution in [2.45, 2.75) is 52.1 Å². The summed E-state index contributed by atoms with van der Waals surface area (Å²) in [4.78, 5) is 2.62. The Balaban J connectivity index is 1.77. The van der Waals surface area contributed by atoms with Gasteiger partial charge in [0, 0.05) is 31.7 Å². The zero-order chi connectivity index (χ0) is 13.0. The van der Waals surface area contributed by atoms with E-state index in [-0.39, 0.29) is 0 Å². The third-order valence-electron chi connectivity index (χ3n) is 4.86. The Kier molecular flexibility index (Phi) is 5.46. The first-order valence-electron chi connectivity index (χ1n) is 7.85. The van der Waals surface area contributed by atoms with E-state index in [0.717, 1.165) is 11.8 Å². The highest BCUT2D eigenvalue weighted by atomic mass is 15.2. The van der Waals surface area contributed by atoms with Crippen LogP contribution >= 0.6 is 0 Å². The molecular formula is C15H31N3. The molecule has 3 heteroatoms. The standard InChI is InChI=1S/C15H31N3/c1-12(2)18-9-8-17-15(11-18)10-13(3)14-4-6-16-7-5-14/h12-17H,4-11H2,1-3H3. The summed E-state index contributed by atoms with van der Waals surface area (Å²) in [6.45, 7) is 13.2. The van der Waals surface area contributed by atoms with Crippen LogP contribution < -0.4 is 10.6 Å². The highest BCUT2D eigenvalue weighted by Gasteiger charge is 2.26. The molecule has 2 heterocycles. The van der Waals surface area contributed by atoms with Crippen molar-refractivity contribution in [1.29, 1.82) is 0 Å². The zero-order valence-corrected chi connectivity index (χ0v) is 12.4. The molecule has 0 aliphatic carbocycles. The van der Waals surface area contributed by atoms with Crippen molar-refractivity contribution in [3.05, 3.63) is 0 Å². The highest BCUT2D eigenvalue weighted by Crippen LogP contribution is 2.26. The zero-order valence-electron chi connectivity index (χ0n) is 12.4. The fraction of sp³-hybridized carbons (Fsp3) is 1.00. The first-order chi connectivity index (χ1) is 8.66. The molecule has 0 amide bonds. The van der Waals surface area contributed by atoms with E-state index in [1.165, 1.54) is 52.0 Å². The molecule has 18 heavy (non-hydrogen) atoms. The van der Waals surface area contributed by atoms with Gasteiger partial charge in [-0.25, -0.2) is 0 Å². The van der Waals surface area contributed by atoms with Crippen LogP contribution in [0.4, 0.5) is 0 Å². The van der Waals surface area contributed by atoms with E-state index in [4.69, 9.17) is 0 Å². The summed E-state index contributed by atoms with van der Waals surface area (Å²) in [7, 11) is 0. The Labute approximate surface area is 113 Å². The maximum absolute atomic E-state index is 3.72. The Morgan fingerprint density at radius 2 is 1.83 bits per heavy atom. The molecule has 0 aromatic carbocycles. The number of hydrogen-bond acceptors (Lipinski definition) is 3. The second-order valence-corrected chi connectivity index (χ2v) is 6.54. The molecule has 0 radical (unpaired) electrons. The average molecular weight is 253 g/mol. The predicted octanol–water partition coefficient (Wildman–Crippen LogP) is 1.69. The van der Waals surface area contributed by atoms with E-state index < -0.39 is 0 Å². The van der Waals surface area contributed by atoms with Crippen LogP contribution in [0.5, 0.6) is 0 Å². The van der Waals surface area contributed by atoms with E-state index in [1.807, 2.05) is 0 Å². The third kappa shape index (κ3) is 3.94. The molecule has 2 unspecified atom stereocenters. The fourth-order valence-corrected chi connectivity index (χ4v) is 3.53. The molecule has 2 aliphatic heterocycles. The van der Waals surface area contributed by atoms with E-state index >= 15 is 0 Å². The molecule has 0 aromatic rings. The first kappa shape index (κ1) is 14.3. The van der Waals surface area contributed by atoms with Gasteiger partial charge in [0.05, 0.1) is 0 Å². The summed E-state index contributed by atoms with van der Waals surface area (Å²) in [6, 6.07) is 1.41. The van der Waals surface area contributed by atoms with Crippen LogP contribution in [0, 0.1) is 11.8 Å². The topological polar surface area (TPSA) is 27.3 Å². The Bertz CT molecular complexity index is 236. The van der Waals surface area contributed by atoms with Crippen LogP contribution in [0.15, 0.2) is 0 Å². The molecule has 2 aliphatic rings. The largest absolute Gasteiger partial charge is 0.317 e. The molecular weight excluding hydrogens is 222 g/mol. The molecule has 0 saturated carbocycles. The molecule has 2 fully saturated rings. The van der Waals surface area contributed by atoms with E-state index in [9.17, 15) is 0 Å². The number of nitrogens with zero attached hydrogens (tertiary/aromatic N) is 1. The minimum Gasteiger partial charge on any atom is -0.317 e. The van der Waals surface area contributed by atoms with Crippen molar-refractivity contribution < 1.29 is 0 Å². The van der Waals surface area contributed by atoms with E-state index in [0.29, 0.717) is 12.1 Å². The monoisotopic (exact) mass is 253 g/mol. The Morgan fingerprint density at radius 1 is 1.11 bits per heavy atom. The van der Waals surface area contributed by atoms with Crippen molar-refractivity contribution in [3.8, 4) is 0 Å². The number of piperidine rings is 1. The SMILES string of the molecule is CC(CC1CN(C(C)C)CCN1)C1CCNCC1. The van der Waals surface area contributed by atoms with Crippen molar-refractivity contribution in [2.24, 2.45) is 11.8 Å². The van der Waals surface area contributed by atoms with Crippen molar-refractivity contribution in [2.75, 3.05) is 32.7 Å². The second-order valence-electron chi connectivity index (χ2n) is 6.54. The van der Waals surface area contributed by atoms with E-state index in [2.05, 4.69) is 36.3 Å². The van der Waals surface area contributed by atoms with Gasteiger partial charge in [-0.1, -0.05) is 6.92 Å². The lowest BCUT2D eigenvalue weighted by molar-refractivity contribution is 0.138. The molecule has 2 saturated heterocycles. The lowest BCUT2D eigenvalue weighted by Gasteiger charge is -2.38. The van der Waals surface area contributed by atoms with Crippen molar-refractivity contribution in [1.82, 2.24) is 15.5 Å². The van der Waals surface area contributed by atoms with Gasteiger partial charge >= 0.3 is 0 Å². The lowest BCUT2D eigenvalue weighted by Crippen LogP contribution is -2.53.